The third kappa shape index (κ3) is 13.6. The largest absolute Gasteiger partial charge is 0.355 e. The summed E-state index contributed by atoms with van der Waals surface area (Å²) in [6.07, 6.45) is 0.284. The van der Waals surface area contributed by atoms with E-state index in [4.69, 9.17) is 0 Å². The molecule has 0 unspecified atom stereocenters. The van der Waals surface area contributed by atoms with Gasteiger partial charge < -0.3 is 5.32 Å². The van der Waals surface area contributed by atoms with E-state index >= 15 is 0 Å². The number of rotatable bonds is 20. The van der Waals surface area contributed by atoms with E-state index in [-0.39, 0.29) is 54.2 Å². The predicted octanol–water partition coefficient (Wildman–Crippen LogP) is 6.74. The van der Waals surface area contributed by atoms with E-state index in [9.17, 15) is 30.0 Å². The zero-order valence-electron chi connectivity index (χ0n) is 28.7. The molecular weight excluding hydrogens is 865 g/mol. The first kappa shape index (κ1) is 42.5. The van der Waals surface area contributed by atoms with Gasteiger partial charge in [-0.25, -0.2) is 30.0 Å². The highest BCUT2D eigenvalue weighted by molar-refractivity contribution is 7.91. The molecule has 0 fully saturated rings. The Morgan fingerprint density at radius 2 is 0.870 bits per heavy atom. The van der Waals surface area contributed by atoms with Crippen LogP contribution in [-0.4, -0.2) is 64.4 Å². The average molecular weight is 903 g/mol. The number of nitrogens with zero attached hydrogens (tertiary/aromatic N) is 2. The predicted molar refractivity (Wildman–Crippen MR) is 224 cm³/mol. The summed E-state index contributed by atoms with van der Waals surface area (Å²) < 4.78 is 81.2. The summed E-state index contributed by atoms with van der Waals surface area (Å²) in [5, 5.41) is 14.0. The molecule has 1 amide bonds. The fraction of sp³-hybridized carbons (Fsp3) is 0.265. The van der Waals surface area contributed by atoms with Crippen LogP contribution in [0.15, 0.2) is 109 Å². The first-order valence-corrected chi connectivity index (χ1v) is 26.2. The molecule has 0 atom stereocenters. The molecular formula is C34H38N4O7S9. The molecule has 290 valence electrons. The van der Waals surface area contributed by atoms with Crippen molar-refractivity contribution in [3.05, 3.63) is 129 Å². The van der Waals surface area contributed by atoms with Gasteiger partial charge in [-0.2, -0.15) is 8.61 Å². The van der Waals surface area contributed by atoms with E-state index in [1.54, 1.807) is 11.4 Å². The summed E-state index contributed by atoms with van der Waals surface area (Å²) in [6.45, 7) is 1.18. The van der Waals surface area contributed by atoms with Gasteiger partial charge in [0.2, 0.25) is 36.0 Å². The average Bonchev–Trinajstić information content (AvgIpc) is 3.98. The minimum Gasteiger partial charge on any atom is -0.355 e. The Labute approximate surface area is 340 Å². The fourth-order valence-electron chi connectivity index (χ4n) is 4.81. The Morgan fingerprint density at radius 3 is 1.24 bits per heavy atom. The van der Waals surface area contributed by atoms with Gasteiger partial charge in [-0.15, -0.1) is 68.0 Å². The summed E-state index contributed by atoms with van der Waals surface area (Å²) in [6, 6.07) is 22.2. The van der Waals surface area contributed by atoms with Gasteiger partial charge in [-0.3, -0.25) is 4.79 Å². The number of hydrogen-bond donors (Lipinski definition) is 2. The first-order chi connectivity index (χ1) is 25.9. The highest BCUT2D eigenvalue weighted by Gasteiger charge is 2.26. The van der Waals surface area contributed by atoms with E-state index in [0.29, 0.717) is 13.1 Å². The summed E-state index contributed by atoms with van der Waals surface area (Å²) in [5.74, 6) is -0.565. The van der Waals surface area contributed by atoms with Crippen molar-refractivity contribution < 1.29 is 30.0 Å². The van der Waals surface area contributed by atoms with Crippen LogP contribution in [0.4, 0.5) is 0 Å². The maximum absolute atomic E-state index is 12.9. The SMILES string of the molecule is O=C(Cc1cccs1)NCCS(=O)(=O)N(Cc1cccs1)Cc1cccs1.O=S(=O)(NCCS(=O)(=O)N(Cc1cccs1)Cc1cccs1)c1cccs1. The van der Waals surface area contributed by atoms with Crippen LogP contribution in [0.1, 0.15) is 24.4 Å². The topological polar surface area (TPSA) is 150 Å². The zero-order valence-corrected chi connectivity index (χ0v) is 36.0. The van der Waals surface area contributed by atoms with Crippen LogP contribution >= 0.6 is 68.0 Å². The molecule has 6 aromatic rings. The summed E-state index contributed by atoms with van der Waals surface area (Å²) in [5.41, 5.74) is 0. The second-order valence-corrected chi connectivity index (χ2v) is 23.7. The molecule has 0 aliphatic rings. The third-order valence-electron chi connectivity index (χ3n) is 7.45. The summed E-state index contributed by atoms with van der Waals surface area (Å²) in [7, 11) is -10.8. The van der Waals surface area contributed by atoms with Crippen LogP contribution in [0.25, 0.3) is 0 Å². The van der Waals surface area contributed by atoms with Gasteiger partial charge in [0.1, 0.15) is 4.21 Å². The van der Waals surface area contributed by atoms with Crippen molar-refractivity contribution in [3.63, 3.8) is 0 Å². The molecule has 0 aliphatic carbocycles. The van der Waals surface area contributed by atoms with Gasteiger partial charge in [0.25, 0.3) is 0 Å². The molecule has 0 aromatic carbocycles. The molecule has 0 spiro atoms. The van der Waals surface area contributed by atoms with E-state index in [1.807, 2.05) is 87.6 Å². The van der Waals surface area contributed by atoms with Crippen molar-refractivity contribution in [2.75, 3.05) is 24.6 Å². The minimum absolute atomic E-state index is 0.109. The molecule has 0 saturated carbocycles. The van der Waals surface area contributed by atoms with Crippen molar-refractivity contribution in [2.45, 2.75) is 36.8 Å². The van der Waals surface area contributed by atoms with Gasteiger partial charge in [-0.1, -0.05) is 36.4 Å². The Balaban J connectivity index is 0.000000208. The molecule has 20 heteroatoms. The van der Waals surface area contributed by atoms with E-state index in [2.05, 4.69) is 10.0 Å². The lowest BCUT2D eigenvalue weighted by Gasteiger charge is -2.21. The van der Waals surface area contributed by atoms with Gasteiger partial charge in [-0.05, 0) is 68.7 Å². The second-order valence-electron chi connectivity index (χ2n) is 11.4. The van der Waals surface area contributed by atoms with Gasteiger partial charge in [0.15, 0.2) is 0 Å². The number of nitrogens with one attached hydrogen (secondary N) is 2. The van der Waals surface area contributed by atoms with Crippen LogP contribution in [0.2, 0.25) is 0 Å². The Morgan fingerprint density at radius 1 is 0.500 bits per heavy atom. The number of hydrogen-bond acceptors (Lipinski definition) is 13. The molecule has 11 nitrogen and oxygen atoms in total. The molecule has 0 saturated heterocycles. The van der Waals surface area contributed by atoms with Crippen molar-refractivity contribution in [1.82, 2.24) is 18.6 Å². The summed E-state index contributed by atoms with van der Waals surface area (Å²) in [4.78, 5) is 16.8. The van der Waals surface area contributed by atoms with Crippen LogP contribution in [0, 0.1) is 0 Å². The number of sulfonamides is 3. The quantitative estimate of drug-likeness (QED) is 0.0862. The van der Waals surface area contributed by atoms with E-state index < -0.39 is 30.1 Å². The fourth-order valence-corrected chi connectivity index (χ4v) is 13.5. The highest BCUT2D eigenvalue weighted by Crippen LogP contribution is 2.22. The Bertz CT molecular complexity index is 2200. The maximum Gasteiger partial charge on any atom is 0.250 e. The number of carbonyl (C=O) groups is 1. The second kappa shape index (κ2) is 20.5. The monoisotopic (exact) mass is 902 g/mol. The molecule has 0 bridgehead atoms. The lowest BCUT2D eigenvalue weighted by atomic mass is 10.3. The van der Waals surface area contributed by atoms with Crippen LogP contribution in [0.5, 0.6) is 0 Å². The molecule has 6 rings (SSSR count). The minimum atomic E-state index is -3.68. The molecule has 2 N–H and O–H groups in total. The molecule has 54 heavy (non-hydrogen) atoms. The smallest absolute Gasteiger partial charge is 0.250 e. The Kier molecular flexibility index (Phi) is 16.2. The normalized spacial score (nSPS) is 12.2. The van der Waals surface area contributed by atoms with Crippen LogP contribution in [-0.2, 0) is 67.5 Å². The first-order valence-electron chi connectivity index (χ1n) is 16.3. The zero-order chi connectivity index (χ0) is 38.4. The van der Waals surface area contributed by atoms with Crippen molar-refractivity contribution >= 4 is 104 Å². The van der Waals surface area contributed by atoms with Gasteiger partial charge in [0.05, 0.1) is 17.9 Å². The van der Waals surface area contributed by atoms with Crippen molar-refractivity contribution in [3.8, 4) is 0 Å². The lowest BCUT2D eigenvalue weighted by Crippen LogP contribution is -2.37. The third-order valence-corrected chi connectivity index (χ3v) is 18.2. The molecule has 0 aliphatic heterocycles. The van der Waals surface area contributed by atoms with E-state index in [1.165, 1.54) is 71.4 Å². The standard InChI is InChI=1S/C18H20N2O3S4.C16H18N2O4S5/c21-18(12-15-4-1-8-24-15)19-7-11-27(22,23)20(13-16-5-2-9-25-16)14-17-6-3-10-26-17;19-26(20,11-7-17-27(21,22)16-6-3-10-25-16)18(12-14-4-1-8-23-14)13-15-5-2-9-24-15/h1-6,8-10H,7,11-14H2,(H,19,21);1-6,8-10,17H,7,11-13H2. The highest BCUT2D eigenvalue weighted by atomic mass is 32.2. The molecule has 6 heterocycles. The molecule has 0 radical (unpaired) electrons. The van der Waals surface area contributed by atoms with Crippen molar-refractivity contribution in [2.24, 2.45) is 0 Å². The van der Waals surface area contributed by atoms with Crippen LogP contribution in [0.3, 0.4) is 0 Å². The number of amides is 1. The maximum atomic E-state index is 12.9. The van der Waals surface area contributed by atoms with Crippen molar-refractivity contribution in [1.29, 1.82) is 0 Å². The summed E-state index contributed by atoms with van der Waals surface area (Å²) >= 11 is 8.67. The number of thiophene rings is 6. The van der Waals surface area contributed by atoms with Crippen LogP contribution < -0.4 is 10.0 Å². The molecule has 6 aromatic heterocycles. The Hall–Kier alpha value is -2.60. The van der Waals surface area contributed by atoms with Gasteiger partial charge >= 0.3 is 0 Å². The van der Waals surface area contributed by atoms with Gasteiger partial charge in [0, 0.05) is 63.7 Å². The lowest BCUT2D eigenvalue weighted by molar-refractivity contribution is -0.120. The van der Waals surface area contributed by atoms with E-state index in [0.717, 1.165) is 35.7 Å². The number of carbonyl (C=O) groups excluding carboxylic acids is 1.